The van der Waals surface area contributed by atoms with Crippen LogP contribution >= 0.6 is 22.6 Å². The fraction of sp³-hybridized carbons (Fsp3) is 0.188. The average Bonchev–Trinajstić information content (AvgIpc) is 2.54. The fourth-order valence-corrected chi connectivity index (χ4v) is 3.23. The van der Waals surface area contributed by atoms with Crippen LogP contribution in [-0.2, 0) is 14.6 Å². The van der Waals surface area contributed by atoms with E-state index >= 15 is 0 Å². The Hall–Kier alpha value is -1.81. The van der Waals surface area contributed by atoms with E-state index < -0.39 is 9.84 Å². The third kappa shape index (κ3) is 5.10. The first kappa shape index (κ1) is 18.5. The minimum Gasteiger partial charge on any atom is -0.497 e. The number of carbonyl (C=O) groups is 1. The van der Waals surface area contributed by atoms with Crippen molar-refractivity contribution in [2.45, 2.75) is 4.90 Å². The van der Waals surface area contributed by atoms with E-state index in [0.717, 1.165) is 9.83 Å². The molecule has 2 N–H and O–H groups in total. The molecule has 6 nitrogen and oxygen atoms in total. The van der Waals surface area contributed by atoms with Crippen LogP contribution in [0, 0.1) is 3.57 Å². The Kier molecular flexibility index (Phi) is 6.05. The van der Waals surface area contributed by atoms with Gasteiger partial charge in [0.1, 0.15) is 5.75 Å². The molecule has 0 saturated carbocycles. The molecule has 0 unspecified atom stereocenters. The van der Waals surface area contributed by atoms with Crippen LogP contribution < -0.4 is 15.4 Å². The number of nitrogens with one attached hydrogen (secondary N) is 2. The molecule has 0 heterocycles. The number of methoxy groups -OCH3 is 1. The van der Waals surface area contributed by atoms with E-state index in [2.05, 4.69) is 33.2 Å². The lowest BCUT2D eigenvalue weighted by molar-refractivity contribution is -0.114. The van der Waals surface area contributed by atoms with Crippen molar-refractivity contribution < 1.29 is 17.9 Å². The lowest BCUT2D eigenvalue weighted by atomic mass is 10.3. The summed E-state index contributed by atoms with van der Waals surface area (Å²) >= 11 is 2.18. The van der Waals surface area contributed by atoms with Gasteiger partial charge >= 0.3 is 0 Å². The molecule has 0 bridgehead atoms. The Morgan fingerprint density at radius 1 is 1.17 bits per heavy atom. The largest absolute Gasteiger partial charge is 0.497 e. The lowest BCUT2D eigenvalue weighted by Crippen LogP contribution is -2.22. The SMILES string of the molecule is COc1ccc(NCC(=O)Nc2ccc(I)cc2)c(S(C)(=O)=O)c1. The average molecular weight is 460 g/mol. The van der Waals surface area contributed by atoms with E-state index in [1.165, 1.54) is 13.2 Å². The van der Waals surface area contributed by atoms with Crippen LogP contribution in [0.2, 0.25) is 0 Å². The molecule has 0 fully saturated rings. The van der Waals surface area contributed by atoms with Crippen LogP contribution in [0.1, 0.15) is 0 Å². The van der Waals surface area contributed by atoms with E-state index in [1.807, 2.05) is 12.1 Å². The number of amides is 1. The third-order valence-corrected chi connectivity index (χ3v) is 5.01. The first-order valence-corrected chi connectivity index (χ1v) is 9.94. The summed E-state index contributed by atoms with van der Waals surface area (Å²) in [4.78, 5) is 12.1. The molecular formula is C16H17IN2O4S. The van der Waals surface area contributed by atoms with Gasteiger partial charge in [-0.15, -0.1) is 0 Å². The number of hydrogen-bond donors (Lipinski definition) is 2. The summed E-state index contributed by atoms with van der Waals surface area (Å²) in [5, 5.41) is 5.60. The van der Waals surface area contributed by atoms with Crippen molar-refractivity contribution in [1.82, 2.24) is 0 Å². The number of hydrogen-bond acceptors (Lipinski definition) is 5. The van der Waals surface area contributed by atoms with Gasteiger partial charge in [-0.2, -0.15) is 0 Å². The zero-order valence-electron chi connectivity index (χ0n) is 13.2. The fourth-order valence-electron chi connectivity index (χ4n) is 2.00. The summed E-state index contributed by atoms with van der Waals surface area (Å²) < 4.78 is 29.9. The summed E-state index contributed by atoms with van der Waals surface area (Å²) in [5.41, 5.74) is 1.04. The molecule has 2 aromatic rings. The van der Waals surface area contributed by atoms with E-state index in [4.69, 9.17) is 4.74 Å². The zero-order chi connectivity index (χ0) is 17.7. The van der Waals surface area contributed by atoms with Gasteiger partial charge in [-0.05, 0) is 59.0 Å². The Morgan fingerprint density at radius 3 is 2.42 bits per heavy atom. The Morgan fingerprint density at radius 2 is 1.83 bits per heavy atom. The van der Waals surface area contributed by atoms with E-state index in [-0.39, 0.29) is 17.3 Å². The normalized spacial score (nSPS) is 11.0. The van der Waals surface area contributed by atoms with Gasteiger partial charge in [0.05, 0.1) is 24.2 Å². The molecule has 0 aromatic heterocycles. The van der Waals surface area contributed by atoms with Crippen molar-refractivity contribution >= 4 is 49.7 Å². The maximum Gasteiger partial charge on any atom is 0.243 e. The van der Waals surface area contributed by atoms with Crippen LogP contribution in [0.5, 0.6) is 5.75 Å². The molecule has 0 aliphatic carbocycles. The number of halogens is 1. The number of carbonyl (C=O) groups excluding carboxylic acids is 1. The maximum absolute atomic E-state index is 12.0. The predicted octanol–water partition coefficient (Wildman–Crippen LogP) is 2.75. The molecule has 8 heteroatoms. The number of ether oxygens (including phenoxy) is 1. The molecule has 1 amide bonds. The first-order chi connectivity index (χ1) is 11.3. The first-order valence-electron chi connectivity index (χ1n) is 6.97. The monoisotopic (exact) mass is 460 g/mol. The highest BCUT2D eigenvalue weighted by atomic mass is 127. The molecular weight excluding hydrogens is 443 g/mol. The van der Waals surface area contributed by atoms with Crippen molar-refractivity contribution in [3.63, 3.8) is 0 Å². The predicted molar refractivity (Wildman–Crippen MR) is 102 cm³/mol. The second-order valence-electron chi connectivity index (χ2n) is 5.04. The van der Waals surface area contributed by atoms with Gasteiger partial charge in [0, 0.05) is 21.6 Å². The van der Waals surface area contributed by atoms with Crippen LogP contribution in [0.4, 0.5) is 11.4 Å². The minimum absolute atomic E-state index is 0.0547. The van der Waals surface area contributed by atoms with Gasteiger partial charge in [-0.1, -0.05) is 0 Å². The highest BCUT2D eigenvalue weighted by Gasteiger charge is 2.15. The molecule has 2 aromatic carbocycles. The second kappa shape index (κ2) is 7.84. The molecule has 0 atom stereocenters. The van der Waals surface area contributed by atoms with Crippen LogP contribution in [0.15, 0.2) is 47.4 Å². The summed E-state index contributed by atoms with van der Waals surface area (Å²) in [6.45, 7) is -0.0547. The number of sulfone groups is 1. The van der Waals surface area contributed by atoms with Gasteiger partial charge in [-0.3, -0.25) is 4.79 Å². The molecule has 128 valence electrons. The Bertz CT molecular complexity index is 836. The summed E-state index contributed by atoms with van der Waals surface area (Å²) in [7, 11) is -1.99. The van der Waals surface area contributed by atoms with E-state index in [1.54, 1.807) is 24.3 Å². The van der Waals surface area contributed by atoms with Gasteiger partial charge < -0.3 is 15.4 Å². The van der Waals surface area contributed by atoms with E-state index in [9.17, 15) is 13.2 Å². The molecule has 0 spiro atoms. The molecule has 24 heavy (non-hydrogen) atoms. The van der Waals surface area contributed by atoms with Crippen molar-refractivity contribution in [1.29, 1.82) is 0 Å². The highest BCUT2D eigenvalue weighted by Crippen LogP contribution is 2.26. The molecule has 0 aliphatic heterocycles. The third-order valence-electron chi connectivity index (χ3n) is 3.16. The van der Waals surface area contributed by atoms with Crippen molar-refractivity contribution in [2.24, 2.45) is 0 Å². The Labute approximate surface area is 154 Å². The van der Waals surface area contributed by atoms with Gasteiger partial charge in [0.25, 0.3) is 0 Å². The summed E-state index contributed by atoms with van der Waals surface area (Å²) in [5.74, 6) is 0.163. The number of benzene rings is 2. The minimum atomic E-state index is -3.45. The smallest absolute Gasteiger partial charge is 0.243 e. The number of rotatable bonds is 6. The standard InChI is InChI=1S/C16H17IN2O4S/c1-23-13-7-8-14(15(9-13)24(2,21)22)18-10-16(20)19-12-5-3-11(17)4-6-12/h3-9,18H,10H2,1-2H3,(H,19,20). The maximum atomic E-state index is 12.0. The lowest BCUT2D eigenvalue weighted by Gasteiger charge is -2.12. The summed E-state index contributed by atoms with van der Waals surface area (Å²) in [6.07, 6.45) is 1.11. The number of anilines is 2. The van der Waals surface area contributed by atoms with Gasteiger partial charge in [0.15, 0.2) is 9.84 Å². The van der Waals surface area contributed by atoms with Crippen LogP contribution in [0.3, 0.4) is 0 Å². The van der Waals surface area contributed by atoms with Crippen molar-refractivity contribution in [3.05, 3.63) is 46.0 Å². The Balaban J connectivity index is 2.08. The second-order valence-corrected chi connectivity index (χ2v) is 8.27. The van der Waals surface area contributed by atoms with Crippen molar-refractivity contribution in [2.75, 3.05) is 30.5 Å². The zero-order valence-corrected chi connectivity index (χ0v) is 16.1. The van der Waals surface area contributed by atoms with E-state index in [0.29, 0.717) is 17.1 Å². The highest BCUT2D eigenvalue weighted by molar-refractivity contribution is 14.1. The molecule has 0 aliphatic rings. The van der Waals surface area contributed by atoms with Gasteiger partial charge in [0.2, 0.25) is 5.91 Å². The molecule has 0 saturated heterocycles. The van der Waals surface area contributed by atoms with Gasteiger partial charge in [-0.25, -0.2) is 8.42 Å². The quantitative estimate of drug-likeness (QED) is 0.648. The molecule has 0 radical (unpaired) electrons. The van der Waals surface area contributed by atoms with Crippen LogP contribution in [0.25, 0.3) is 0 Å². The summed E-state index contributed by atoms with van der Waals surface area (Å²) in [6, 6.07) is 12.0. The van der Waals surface area contributed by atoms with Crippen LogP contribution in [-0.4, -0.2) is 34.2 Å². The molecule has 2 rings (SSSR count). The van der Waals surface area contributed by atoms with Crippen molar-refractivity contribution in [3.8, 4) is 5.75 Å². The topological polar surface area (TPSA) is 84.5 Å².